The van der Waals surface area contributed by atoms with Crippen LogP contribution in [0.3, 0.4) is 0 Å². The van der Waals surface area contributed by atoms with Crippen LogP contribution in [0.1, 0.15) is 24.5 Å². The fourth-order valence-electron chi connectivity index (χ4n) is 2.49. The molecule has 1 heterocycles. The lowest BCUT2D eigenvalue weighted by Crippen LogP contribution is -2.44. The van der Waals surface area contributed by atoms with Crippen LogP contribution in [0.15, 0.2) is 24.3 Å². The van der Waals surface area contributed by atoms with Crippen LogP contribution in [0.5, 0.6) is 0 Å². The standard InChI is InChI=1S/C16H20ClNO3/c17-14-4-2-1-3-13(14)15-9-18(7-8-21-15)16(19)11-20-10-12-5-6-12/h1-4,12,15H,5-11H2. The zero-order chi connectivity index (χ0) is 14.7. The van der Waals surface area contributed by atoms with Crippen molar-refractivity contribution in [3.05, 3.63) is 34.9 Å². The smallest absolute Gasteiger partial charge is 0.248 e. The van der Waals surface area contributed by atoms with Gasteiger partial charge in [0.2, 0.25) is 5.91 Å². The highest BCUT2D eigenvalue weighted by Crippen LogP contribution is 2.29. The summed E-state index contributed by atoms with van der Waals surface area (Å²) in [5.41, 5.74) is 0.940. The topological polar surface area (TPSA) is 38.8 Å². The molecule has 1 aliphatic carbocycles. The van der Waals surface area contributed by atoms with Gasteiger partial charge in [-0.1, -0.05) is 29.8 Å². The molecule has 1 atom stereocenters. The van der Waals surface area contributed by atoms with Gasteiger partial charge in [-0.05, 0) is 24.8 Å². The molecule has 2 fully saturated rings. The first-order chi connectivity index (χ1) is 10.2. The maximum atomic E-state index is 12.2. The number of carbonyl (C=O) groups excluding carboxylic acids is 1. The molecule has 3 rings (SSSR count). The minimum absolute atomic E-state index is 0.0380. The van der Waals surface area contributed by atoms with E-state index in [0.29, 0.717) is 37.2 Å². The Hall–Kier alpha value is -1.10. The summed E-state index contributed by atoms with van der Waals surface area (Å²) in [6.45, 7) is 2.57. The molecule has 0 radical (unpaired) electrons. The second-order valence-corrected chi connectivity index (χ2v) is 6.09. The third kappa shape index (κ3) is 3.96. The number of halogens is 1. The van der Waals surface area contributed by atoms with Crippen LogP contribution in [-0.2, 0) is 14.3 Å². The molecule has 0 spiro atoms. The predicted molar refractivity (Wildman–Crippen MR) is 80.3 cm³/mol. The molecule has 5 heteroatoms. The van der Waals surface area contributed by atoms with Gasteiger partial charge in [-0.15, -0.1) is 0 Å². The SMILES string of the molecule is O=C(COCC1CC1)N1CCOC(c2ccccc2Cl)C1. The van der Waals surface area contributed by atoms with Gasteiger partial charge in [0.05, 0.1) is 19.8 Å². The summed E-state index contributed by atoms with van der Waals surface area (Å²) in [6, 6.07) is 7.62. The fraction of sp³-hybridized carbons (Fsp3) is 0.562. The predicted octanol–water partition coefficient (Wildman–Crippen LogP) is 2.67. The molecule has 4 nitrogen and oxygen atoms in total. The number of morpholine rings is 1. The minimum Gasteiger partial charge on any atom is -0.371 e. The average molecular weight is 310 g/mol. The number of amides is 1. The molecule has 0 aromatic heterocycles. The van der Waals surface area contributed by atoms with Gasteiger partial charge >= 0.3 is 0 Å². The molecule has 1 saturated carbocycles. The normalized spacial score (nSPS) is 22.3. The van der Waals surface area contributed by atoms with Gasteiger partial charge in [-0.25, -0.2) is 0 Å². The van der Waals surface area contributed by atoms with Crippen molar-refractivity contribution in [2.45, 2.75) is 18.9 Å². The fourth-order valence-corrected chi connectivity index (χ4v) is 2.75. The zero-order valence-corrected chi connectivity index (χ0v) is 12.7. The van der Waals surface area contributed by atoms with Crippen molar-refractivity contribution in [2.75, 3.05) is 32.9 Å². The van der Waals surface area contributed by atoms with E-state index < -0.39 is 0 Å². The van der Waals surface area contributed by atoms with Crippen molar-refractivity contribution >= 4 is 17.5 Å². The van der Waals surface area contributed by atoms with Crippen LogP contribution >= 0.6 is 11.6 Å². The Bertz CT molecular complexity index is 504. The lowest BCUT2D eigenvalue weighted by atomic mass is 10.1. The third-order valence-electron chi connectivity index (χ3n) is 3.95. The molecule has 1 aliphatic heterocycles. The average Bonchev–Trinajstić information content (AvgIpc) is 3.32. The Morgan fingerprint density at radius 2 is 2.19 bits per heavy atom. The molecule has 2 aliphatic rings. The quantitative estimate of drug-likeness (QED) is 0.839. The first kappa shape index (κ1) is 14.8. The van der Waals surface area contributed by atoms with E-state index >= 15 is 0 Å². The number of rotatable bonds is 5. The van der Waals surface area contributed by atoms with E-state index in [1.54, 1.807) is 0 Å². The highest BCUT2D eigenvalue weighted by molar-refractivity contribution is 6.31. The van der Waals surface area contributed by atoms with E-state index in [-0.39, 0.29) is 18.6 Å². The number of benzene rings is 1. The van der Waals surface area contributed by atoms with Gasteiger partial charge in [-0.2, -0.15) is 0 Å². The number of carbonyl (C=O) groups is 1. The summed E-state index contributed by atoms with van der Waals surface area (Å²) in [6.07, 6.45) is 2.32. The molecule has 1 saturated heterocycles. The van der Waals surface area contributed by atoms with Crippen molar-refractivity contribution in [2.24, 2.45) is 5.92 Å². The van der Waals surface area contributed by atoms with E-state index in [1.807, 2.05) is 29.2 Å². The zero-order valence-electron chi connectivity index (χ0n) is 12.0. The second kappa shape index (κ2) is 6.77. The third-order valence-corrected chi connectivity index (χ3v) is 4.29. The Morgan fingerprint density at radius 1 is 1.38 bits per heavy atom. The van der Waals surface area contributed by atoms with Crippen LogP contribution in [0.25, 0.3) is 0 Å². The molecule has 1 aromatic rings. The maximum Gasteiger partial charge on any atom is 0.248 e. The second-order valence-electron chi connectivity index (χ2n) is 5.68. The van der Waals surface area contributed by atoms with Crippen LogP contribution in [0, 0.1) is 5.92 Å². The van der Waals surface area contributed by atoms with Gasteiger partial charge in [0.1, 0.15) is 12.7 Å². The van der Waals surface area contributed by atoms with Gasteiger partial charge in [0.25, 0.3) is 0 Å². The van der Waals surface area contributed by atoms with Crippen LogP contribution < -0.4 is 0 Å². The van der Waals surface area contributed by atoms with Gasteiger partial charge in [0.15, 0.2) is 0 Å². The van der Waals surface area contributed by atoms with Gasteiger partial charge < -0.3 is 14.4 Å². The molecule has 0 N–H and O–H groups in total. The molecule has 114 valence electrons. The highest BCUT2D eigenvalue weighted by Gasteiger charge is 2.27. The van der Waals surface area contributed by atoms with E-state index in [1.165, 1.54) is 12.8 Å². The highest BCUT2D eigenvalue weighted by atomic mass is 35.5. The largest absolute Gasteiger partial charge is 0.371 e. The van der Waals surface area contributed by atoms with Gasteiger partial charge in [0, 0.05) is 17.1 Å². The molecule has 1 amide bonds. The number of hydrogen-bond donors (Lipinski definition) is 0. The molecule has 0 bridgehead atoms. The summed E-state index contributed by atoms with van der Waals surface area (Å²) >= 11 is 6.20. The first-order valence-corrected chi connectivity index (χ1v) is 7.83. The lowest BCUT2D eigenvalue weighted by molar-refractivity contribution is -0.144. The summed E-state index contributed by atoms with van der Waals surface area (Å²) in [4.78, 5) is 14.0. The molecular formula is C16H20ClNO3. The van der Waals surface area contributed by atoms with Crippen molar-refractivity contribution < 1.29 is 14.3 Å². The minimum atomic E-state index is -0.153. The first-order valence-electron chi connectivity index (χ1n) is 7.45. The number of ether oxygens (including phenoxy) is 2. The van der Waals surface area contributed by atoms with Crippen LogP contribution in [0.2, 0.25) is 5.02 Å². The Labute approximate surface area is 130 Å². The summed E-state index contributed by atoms with van der Waals surface area (Å²) in [5.74, 6) is 0.717. The van der Waals surface area contributed by atoms with E-state index in [9.17, 15) is 4.79 Å². The van der Waals surface area contributed by atoms with Crippen molar-refractivity contribution in [1.82, 2.24) is 4.90 Å². The summed E-state index contributed by atoms with van der Waals surface area (Å²) in [7, 11) is 0. The number of nitrogens with zero attached hydrogens (tertiary/aromatic N) is 1. The van der Waals surface area contributed by atoms with Crippen LogP contribution in [0.4, 0.5) is 0 Å². The molecule has 1 unspecified atom stereocenters. The Balaban J connectivity index is 1.54. The maximum absolute atomic E-state index is 12.2. The Morgan fingerprint density at radius 3 is 2.95 bits per heavy atom. The lowest BCUT2D eigenvalue weighted by Gasteiger charge is -2.33. The van der Waals surface area contributed by atoms with Crippen molar-refractivity contribution in [3.63, 3.8) is 0 Å². The monoisotopic (exact) mass is 309 g/mol. The van der Waals surface area contributed by atoms with Crippen LogP contribution in [-0.4, -0.2) is 43.7 Å². The molecular weight excluding hydrogens is 290 g/mol. The van der Waals surface area contributed by atoms with Crippen molar-refractivity contribution in [3.8, 4) is 0 Å². The number of hydrogen-bond acceptors (Lipinski definition) is 3. The summed E-state index contributed by atoms with van der Waals surface area (Å²) in [5, 5.41) is 0.682. The Kier molecular flexibility index (Phi) is 4.78. The van der Waals surface area contributed by atoms with Gasteiger partial charge in [-0.3, -0.25) is 4.79 Å². The van der Waals surface area contributed by atoms with Crippen molar-refractivity contribution in [1.29, 1.82) is 0 Å². The van der Waals surface area contributed by atoms with E-state index in [4.69, 9.17) is 21.1 Å². The van der Waals surface area contributed by atoms with E-state index in [0.717, 1.165) is 5.56 Å². The molecule has 1 aromatic carbocycles. The summed E-state index contributed by atoms with van der Waals surface area (Å²) < 4.78 is 11.2. The molecule has 21 heavy (non-hydrogen) atoms. The van der Waals surface area contributed by atoms with E-state index in [2.05, 4.69) is 0 Å².